The Morgan fingerprint density at radius 3 is 2.59 bits per heavy atom. The molecule has 0 spiro atoms. The number of ether oxygens (including phenoxy) is 3. The smallest absolute Gasteiger partial charge is 0.207 e. The van der Waals surface area contributed by atoms with Gasteiger partial charge >= 0.3 is 0 Å². The molecule has 2 aliphatic rings. The lowest BCUT2D eigenvalue weighted by Gasteiger charge is -2.29. The molecule has 3 nitrogen and oxygen atoms in total. The molecular formula is C26H29F3O3. The van der Waals surface area contributed by atoms with Crippen molar-refractivity contribution in [3.63, 3.8) is 0 Å². The summed E-state index contributed by atoms with van der Waals surface area (Å²) in [6.45, 7) is 6.48. The molecule has 2 aliphatic heterocycles. The topological polar surface area (TPSA) is 27.7 Å². The number of halogens is 3. The molecule has 0 N–H and O–H groups in total. The van der Waals surface area contributed by atoms with Crippen LogP contribution >= 0.6 is 0 Å². The Morgan fingerprint density at radius 2 is 1.88 bits per heavy atom. The molecule has 2 unspecified atom stereocenters. The maximum atomic E-state index is 14.9. The number of hydrogen-bond donors (Lipinski definition) is 0. The SMILES string of the molecule is C=CCOc1ccc2c(c1F)Oc1c(cc(CCC3CCC(CCC)OC3)c(F)c1F)C2. The lowest BCUT2D eigenvalue weighted by molar-refractivity contribution is -0.0218. The molecule has 1 fully saturated rings. The van der Waals surface area contributed by atoms with Crippen LogP contribution in [0.4, 0.5) is 13.2 Å². The Balaban J connectivity index is 1.48. The maximum Gasteiger partial charge on any atom is 0.207 e. The Labute approximate surface area is 187 Å². The van der Waals surface area contributed by atoms with Crippen molar-refractivity contribution in [1.29, 1.82) is 0 Å². The molecule has 0 radical (unpaired) electrons. The number of aryl methyl sites for hydroxylation is 1. The summed E-state index contributed by atoms with van der Waals surface area (Å²) in [5, 5.41) is 0. The number of rotatable bonds is 8. The molecule has 4 rings (SSSR count). The van der Waals surface area contributed by atoms with Gasteiger partial charge in [-0.1, -0.05) is 32.1 Å². The van der Waals surface area contributed by atoms with E-state index in [4.69, 9.17) is 14.2 Å². The number of benzene rings is 2. The van der Waals surface area contributed by atoms with Gasteiger partial charge in [0.15, 0.2) is 23.1 Å². The van der Waals surface area contributed by atoms with Crippen LogP contribution in [0.2, 0.25) is 0 Å². The van der Waals surface area contributed by atoms with Gasteiger partial charge < -0.3 is 14.2 Å². The van der Waals surface area contributed by atoms with Crippen molar-refractivity contribution in [3.05, 3.63) is 65.0 Å². The van der Waals surface area contributed by atoms with E-state index >= 15 is 0 Å². The van der Waals surface area contributed by atoms with Crippen molar-refractivity contribution in [1.82, 2.24) is 0 Å². The Morgan fingerprint density at radius 1 is 1.06 bits per heavy atom. The van der Waals surface area contributed by atoms with E-state index in [9.17, 15) is 13.2 Å². The first kappa shape index (κ1) is 22.7. The second kappa shape index (κ2) is 9.99. The van der Waals surface area contributed by atoms with Gasteiger partial charge in [0, 0.05) is 24.2 Å². The molecule has 0 amide bonds. The fourth-order valence-electron chi connectivity index (χ4n) is 4.54. The summed E-state index contributed by atoms with van der Waals surface area (Å²) in [5.41, 5.74) is 1.42. The second-order valence-electron chi connectivity index (χ2n) is 8.62. The van der Waals surface area contributed by atoms with E-state index in [0.29, 0.717) is 41.7 Å². The van der Waals surface area contributed by atoms with E-state index in [1.54, 1.807) is 12.1 Å². The van der Waals surface area contributed by atoms with Gasteiger partial charge in [0.25, 0.3) is 0 Å². The van der Waals surface area contributed by atoms with Crippen molar-refractivity contribution >= 4 is 0 Å². The predicted molar refractivity (Wildman–Crippen MR) is 117 cm³/mol. The van der Waals surface area contributed by atoms with Crippen LogP contribution in [-0.4, -0.2) is 19.3 Å². The second-order valence-corrected chi connectivity index (χ2v) is 8.62. The van der Waals surface area contributed by atoms with Crippen molar-refractivity contribution in [2.45, 2.75) is 58.0 Å². The van der Waals surface area contributed by atoms with Gasteiger partial charge in [-0.15, -0.1) is 0 Å². The van der Waals surface area contributed by atoms with Gasteiger partial charge in [-0.25, -0.2) is 4.39 Å². The van der Waals surface area contributed by atoms with Gasteiger partial charge in [0.05, 0.1) is 6.10 Å². The third kappa shape index (κ3) is 4.65. The lowest BCUT2D eigenvalue weighted by Crippen LogP contribution is -2.26. The van der Waals surface area contributed by atoms with Gasteiger partial charge in [-0.3, -0.25) is 0 Å². The predicted octanol–water partition coefficient (Wildman–Crippen LogP) is 6.89. The minimum absolute atomic E-state index is 0.0134. The normalized spacial score (nSPS) is 19.6. The zero-order valence-corrected chi connectivity index (χ0v) is 18.4. The summed E-state index contributed by atoms with van der Waals surface area (Å²) in [6, 6.07) is 4.86. The van der Waals surface area contributed by atoms with Crippen LogP contribution in [-0.2, 0) is 17.6 Å². The molecule has 2 atom stereocenters. The highest BCUT2D eigenvalue weighted by Crippen LogP contribution is 2.43. The third-order valence-corrected chi connectivity index (χ3v) is 6.30. The minimum atomic E-state index is -1.07. The van der Waals surface area contributed by atoms with Crippen LogP contribution in [0.3, 0.4) is 0 Å². The van der Waals surface area contributed by atoms with Crippen LogP contribution in [0.1, 0.15) is 55.7 Å². The van der Waals surface area contributed by atoms with E-state index in [-0.39, 0.29) is 30.3 Å². The highest BCUT2D eigenvalue weighted by molar-refractivity contribution is 5.54. The van der Waals surface area contributed by atoms with Gasteiger partial charge in [-0.2, -0.15) is 8.78 Å². The Kier molecular flexibility index (Phi) is 7.09. The Bertz CT molecular complexity index is 981. The van der Waals surface area contributed by atoms with Gasteiger partial charge in [0.1, 0.15) is 6.61 Å². The van der Waals surface area contributed by atoms with E-state index in [1.165, 1.54) is 12.1 Å². The summed E-state index contributed by atoms with van der Waals surface area (Å²) in [5.74, 6) is -2.75. The van der Waals surface area contributed by atoms with Crippen molar-refractivity contribution < 1.29 is 27.4 Å². The van der Waals surface area contributed by atoms with E-state index in [0.717, 1.165) is 32.1 Å². The first-order valence-corrected chi connectivity index (χ1v) is 11.4. The quantitative estimate of drug-likeness (QED) is 0.353. The summed E-state index contributed by atoms with van der Waals surface area (Å²) in [4.78, 5) is 0. The largest absolute Gasteiger partial charge is 0.486 e. The lowest BCUT2D eigenvalue weighted by atomic mass is 9.90. The first-order chi connectivity index (χ1) is 15.5. The van der Waals surface area contributed by atoms with Crippen LogP contribution in [0.15, 0.2) is 30.9 Å². The number of hydrogen-bond acceptors (Lipinski definition) is 3. The zero-order chi connectivity index (χ0) is 22.7. The van der Waals surface area contributed by atoms with E-state index in [1.807, 2.05) is 0 Å². The number of fused-ring (bicyclic) bond motifs is 2. The molecule has 2 heterocycles. The van der Waals surface area contributed by atoms with Crippen LogP contribution in [0.5, 0.6) is 17.2 Å². The molecule has 6 heteroatoms. The van der Waals surface area contributed by atoms with E-state index < -0.39 is 17.5 Å². The van der Waals surface area contributed by atoms with E-state index in [2.05, 4.69) is 13.5 Å². The van der Waals surface area contributed by atoms with Crippen LogP contribution in [0.25, 0.3) is 0 Å². The third-order valence-electron chi connectivity index (χ3n) is 6.30. The molecule has 0 aliphatic carbocycles. The van der Waals surface area contributed by atoms with Crippen LogP contribution in [0, 0.1) is 23.4 Å². The molecule has 0 aromatic heterocycles. The average Bonchev–Trinajstić information content (AvgIpc) is 2.80. The summed E-state index contributed by atoms with van der Waals surface area (Å²) >= 11 is 0. The molecule has 0 saturated carbocycles. The molecule has 0 bridgehead atoms. The molecule has 2 aromatic rings. The minimum Gasteiger partial charge on any atom is -0.486 e. The molecule has 1 saturated heterocycles. The highest BCUT2D eigenvalue weighted by Gasteiger charge is 2.29. The van der Waals surface area contributed by atoms with Crippen molar-refractivity contribution in [2.75, 3.05) is 13.2 Å². The molecule has 32 heavy (non-hydrogen) atoms. The zero-order valence-electron chi connectivity index (χ0n) is 18.4. The van der Waals surface area contributed by atoms with Gasteiger partial charge in [0.2, 0.25) is 11.6 Å². The molecular weight excluding hydrogens is 417 g/mol. The standard InChI is InChI=1S/C26H29F3O3/c1-3-5-20-10-7-16(15-31-20)6-8-17-13-19-14-18-9-11-21(30-12-4-2)23(28)25(18)32-26(19)24(29)22(17)27/h4,9,11,13,16,20H,2-3,5-8,10,12,14-15H2,1H3. The monoisotopic (exact) mass is 446 g/mol. The fraction of sp³-hybridized carbons (Fsp3) is 0.462. The van der Waals surface area contributed by atoms with Crippen molar-refractivity contribution in [3.8, 4) is 17.2 Å². The Hall–Kier alpha value is -2.47. The van der Waals surface area contributed by atoms with Crippen molar-refractivity contribution in [2.24, 2.45) is 5.92 Å². The summed E-state index contributed by atoms with van der Waals surface area (Å²) in [6.07, 6.45) is 7.50. The van der Waals surface area contributed by atoms with Crippen LogP contribution < -0.4 is 9.47 Å². The first-order valence-electron chi connectivity index (χ1n) is 11.4. The highest BCUT2D eigenvalue weighted by atomic mass is 19.2. The summed E-state index contributed by atoms with van der Waals surface area (Å²) in [7, 11) is 0. The average molecular weight is 447 g/mol. The maximum absolute atomic E-state index is 14.9. The van der Waals surface area contributed by atoms with Gasteiger partial charge in [-0.05, 0) is 55.7 Å². The molecule has 172 valence electrons. The summed E-state index contributed by atoms with van der Waals surface area (Å²) < 4.78 is 61.2. The fourth-order valence-corrected chi connectivity index (χ4v) is 4.54. The molecule has 2 aromatic carbocycles.